The topological polar surface area (TPSA) is 12.0 Å². The molecule has 1 unspecified atom stereocenters. The van der Waals surface area contributed by atoms with Crippen molar-refractivity contribution >= 4 is 11.8 Å². The number of rotatable bonds is 5. The summed E-state index contributed by atoms with van der Waals surface area (Å²) < 4.78 is 0. The second-order valence-corrected chi connectivity index (χ2v) is 4.96. The number of hydrogen-bond donors (Lipinski definition) is 1. The van der Waals surface area contributed by atoms with Crippen molar-refractivity contribution in [3.05, 3.63) is 29.8 Å². The molecule has 0 aromatic heterocycles. The quantitative estimate of drug-likeness (QED) is 0.747. The fraction of sp³-hybridized carbons (Fsp3) is 0.500. The van der Waals surface area contributed by atoms with Gasteiger partial charge in [0.25, 0.3) is 0 Å². The summed E-state index contributed by atoms with van der Waals surface area (Å²) in [5.74, 6) is 0. The van der Waals surface area contributed by atoms with Gasteiger partial charge in [-0.2, -0.15) is 0 Å². The Balaban J connectivity index is 2.73. The van der Waals surface area contributed by atoms with Gasteiger partial charge in [0, 0.05) is 16.7 Å². The van der Waals surface area contributed by atoms with Gasteiger partial charge >= 0.3 is 0 Å². The van der Waals surface area contributed by atoms with E-state index in [9.17, 15) is 0 Å². The van der Waals surface area contributed by atoms with Gasteiger partial charge in [0.05, 0.1) is 0 Å². The van der Waals surface area contributed by atoms with Crippen molar-refractivity contribution in [2.24, 2.45) is 0 Å². The molecule has 1 N–H and O–H groups in total. The summed E-state index contributed by atoms with van der Waals surface area (Å²) in [6.07, 6.45) is 1.22. The Hall–Kier alpha value is -0.470. The first kappa shape index (κ1) is 11.6. The van der Waals surface area contributed by atoms with Crippen LogP contribution in [0.1, 0.15) is 25.8 Å². The van der Waals surface area contributed by atoms with Gasteiger partial charge in [0.1, 0.15) is 0 Å². The van der Waals surface area contributed by atoms with Crippen LogP contribution in [0.15, 0.2) is 29.2 Å². The standard InChI is InChI=1S/C12H19NS/c1-4-10(2)14-12-8-6-5-7-11(12)9-13-3/h5-8,10,13H,4,9H2,1-3H3. The zero-order chi connectivity index (χ0) is 10.4. The highest BCUT2D eigenvalue weighted by molar-refractivity contribution is 8.00. The van der Waals surface area contributed by atoms with E-state index < -0.39 is 0 Å². The predicted octanol–water partition coefficient (Wildman–Crippen LogP) is 3.30. The zero-order valence-electron chi connectivity index (χ0n) is 9.21. The summed E-state index contributed by atoms with van der Waals surface area (Å²) in [6.45, 7) is 5.47. The summed E-state index contributed by atoms with van der Waals surface area (Å²) in [6, 6.07) is 8.63. The first-order valence-electron chi connectivity index (χ1n) is 5.17. The molecule has 1 atom stereocenters. The third kappa shape index (κ3) is 3.35. The van der Waals surface area contributed by atoms with Gasteiger partial charge in [0.2, 0.25) is 0 Å². The van der Waals surface area contributed by atoms with Gasteiger partial charge in [-0.1, -0.05) is 32.0 Å². The molecule has 14 heavy (non-hydrogen) atoms. The molecule has 0 bridgehead atoms. The van der Waals surface area contributed by atoms with Gasteiger partial charge in [0.15, 0.2) is 0 Å². The highest BCUT2D eigenvalue weighted by Gasteiger charge is 2.05. The van der Waals surface area contributed by atoms with E-state index in [1.807, 2.05) is 18.8 Å². The fourth-order valence-electron chi connectivity index (χ4n) is 1.26. The summed E-state index contributed by atoms with van der Waals surface area (Å²) in [7, 11) is 1.99. The molecular formula is C12H19NS. The van der Waals surface area contributed by atoms with Gasteiger partial charge in [-0.15, -0.1) is 11.8 Å². The van der Waals surface area contributed by atoms with Crippen LogP contribution in [0.2, 0.25) is 0 Å². The van der Waals surface area contributed by atoms with Crippen LogP contribution in [0.4, 0.5) is 0 Å². The molecule has 1 aromatic carbocycles. The van der Waals surface area contributed by atoms with Crippen molar-refractivity contribution in [2.75, 3.05) is 7.05 Å². The fourth-order valence-corrected chi connectivity index (χ4v) is 2.30. The van der Waals surface area contributed by atoms with Crippen molar-refractivity contribution in [3.63, 3.8) is 0 Å². The van der Waals surface area contributed by atoms with Crippen molar-refractivity contribution in [1.82, 2.24) is 5.32 Å². The van der Waals surface area contributed by atoms with Crippen LogP contribution in [-0.2, 0) is 6.54 Å². The SMILES string of the molecule is CCC(C)Sc1ccccc1CNC. The lowest BCUT2D eigenvalue weighted by atomic mass is 10.2. The van der Waals surface area contributed by atoms with Crippen LogP contribution < -0.4 is 5.32 Å². The predicted molar refractivity (Wildman–Crippen MR) is 64.8 cm³/mol. The number of nitrogens with one attached hydrogen (secondary N) is 1. The molecule has 1 rings (SSSR count). The number of benzene rings is 1. The Morgan fingerprint density at radius 3 is 2.71 bits per heavy atom. The third-order valence-electron chi connectivity index (χ3n) is 2.24. The third-order valence-corrected chi connectivity index (χ3v) is 3.63. The molecule has 0 fully saturated rings. The number of hydrogen-bond acceptors (Lipinski definition) is 2. The maximum atomic E-state index is 3.20. The molecule has 0 spiro atoms. The Bertz CT molecular complexity index is 273. The van der Waals surface area contributed by atoms with E-state index in [1.54, 1.807) is 0 Å². The normalized spacial score (nSPS) is 12.8. The molecule has 0 saturated heterocycles. The largest absolute Gasteiger partial charge is 0.316 e. The van der Waals surface area contributed by atoms with Crippen molar-refractivity contribution in [3.8, 4) is 0 Å². The van der Waals surface area contributed by atoms with Gasteiger partial charge in [-0.05, 0) is 25.1 Å². The van der Waals surface area contributed by atoms with E-state index in [4.69, 9.17) is 0 Å². The van der Waals surface area contributed by atoms with E-state index in [2.05, 4.69) is 43.4 Å². The average molecular weight is 209 g/mol. The molecular weight excluding hydrogens is 190 g/mol. The van der Waals surface area contributed by atoms with Crippen LogP contribution >= 0.6 is 11.8 Å². The summed E-state index contributed by atoms with van der Waals surface area (Å²) in [5, 5.41) is 3.90. The molecule has 0 saturated carbocycles. The van der Waals surface area contributed by atoms with Crippen LogP contribution in [-0.4, -0.2) is 12.3 Å². The van der Waals surface area contributed by atoms with Gasteiger partial charge in [-0.25, -0.2) is 0 Å². The Morgan fingerprint density at radius 1 is 1.36 bits per heavy atom. The van der Waals surface area contributed by atoms with Crippen LogP contribution in [0, 0.1) is 0 Å². The van der Waals surface area contributed by atoms with E-state index in [1.165, 1.54) is 16.9 Å². The lowest BCUT2D eigenvalue weighted by Gasteiger charge is -2.12. The van der Waals surface area contributed by atoms with Crippen LogP contribution in [0.3, 0.4) is 0 Å². The first-order chi connectivity index (χ1) is 6.77. The van der Waals surface area contributed by atoms with Crippen molar-refractivity contribution < 1.29 is 0 Å². The minimum Gasteiger partial charge on any atom is -0.316 e. The van der Waals surface area contributed by atoms with E-state index in [0.717, 1.165) is 6.54 Å². The highest BCUT2D eigenvalue weighted by Crippen LogP contribution is 2.27. The van der Waals surface area contributed by atoms with Crippen molar-refractivity contribution in [1.29, 1.82) is 0 Å². The molecule has 0 heterocycles. The van der Waals surface area contributed by atoms with Crippen LogP contribution in [0.25, 0.3) is 0 Å². The lowest BCUT2D eigenvalue weighted by Crippen LogP contribution is -2.06. The minimum absolute atomic E-state index is 0.702. The summed E-state index contributed by atoms with van der Waals surface area (Å²) in [5.41, 5.74) is 1.40. The van der Waals surface area contributed by atoms with Gasteiger partial charge < -0.3 is 5.32 Å². The molecule has 0 amide bonds. The molecule has 0 radical (unpaired) electrons. The Kier molecular flexibility index (Phi) is 5.05. The Labute approximate surface area is 91.3 Å². The molecule has 0 aliphatic heterocycles. The summed E-state index contributed by atoms with van der Waals surface area (Å²) in [4.78, 5) is 1.41. The monoisotopic (exact) mass is 209 g/mol. The second kappa shape index (κ2) is 6.10. The highest BCUT2D eigenvalue weighted by atomic mass is 32.2. The van der Waals surface area contributed by atoms with E-state index >= 15 is 0 Å². The molecule has 0 aliphatic carbocycles. The van der Waals surface area contributed by atoms with E-state index in [0.29, 0.717) is 5.25 Å². The average Bonchev–Trinajstić information content (AvgIpc) is 2.21. The summed E-state index contributed by atoms with van der Waals surface area (Å²) >= 11 is 1.97. The number of thioether (sulfide) groups is 1. The zero-order valence-corrected chi connectivity index (χ0v) is 10.0. The maximum absolute atomic E-state index is 3.20. The molecule has 2 heteroatoms. The molecule has 1 aromatic rings. The maximum Gasteiger partial charge on any atom is 0.0213 e. The smallest absolute Gasteiger partial charge is 0.0213 e. The van der Waals surface area contributed by atoms with Crippen molar-refractivity contribution in [2.45, 2.75) is 37.0 Å². The van der Waals surface area contributed by atoms with Gasteiger partial charge in [-0.3, -0.25) is 0 Å². The second-order valence-electron chi connectivity index (χ2n) is 3.47. The first-order valence-corrected chi connectivity index (χ1v) is 6.05. The minimum atomic E-state index is 0.702. The lowest BCUT2D eigenvalue weighted by molar-refractivity contribution is 0.801. The molecule has 0 aliphatic rings. The molecule has 78 valence electrons. The van der Waals surface area contributed by atoms with Crippen LogP contribution in [0.5, 0.6) is 0 Å². The van der Waals surface area contributed by atoms with E-state index in [-0.39, 0.29) is 0 Å². The molecule has 1 nitrogen and oxygen atoms in total. The Morgan fingerprint density at radius 2 is 2.07 bits per heavy atom.